The van der Waals surface area contributed by atoms with E-state index in [9.17, 15) is 9.59 Å². The van der Waals surface area contributed by atoms with Gasteiger partial charge in [0.1, 0.15) is 0 Å². The van der Waals surface area contributed by atoms with Crippen molar-refractivity contribution in [2.75, 3.05) is 13.2 Å². The molecule has 7 nitrogen and oxygen atoms in total. The maximum Gasteiger partial charge on any atom is 0.330 e. The second-order valence-electron chi connectivity index (χ2n) is 2.12. The number of hydrogen-bond acceptors (Lipinski definition) is 5. The topological polar surface area (TPSA) is 110 Å². The van der Waals surface area contributed by atoms with Crippen LogP contribution >= 0.6 is 8.25 Å². The van der Waals surface area contributed by atoms with E-state index in [1.54, 1.807) is 13.8 Å². The summed E-state index contributed by atoms with van der Waals surface area (Å²) >= 11 is 0. The minimum atomic E-state index is -3.13. The van der Waals surface area contributed by atoms with Gasteiger partial charge in [0.25, 0.3) is 0 Å². The van der Waals surface area contributed by atoms with Crippen molar-refractivity contribution in [3.63, 3.8) is 0 Å². The van der Waals surface area contributed by atoms with Crippen LogP contribution in [0.3, 0.4) is 0 Å². The van der Waals surface area contributed by atoms with Gasteiger partial charge in [0.2, 0.25) is 0 Å². The minimum Gasteiger partial charge on any atom is -0.463 e. The van der Waals surface area contributed by atoms with Crippen molar-refractivity contribution in [3.8, 4) is 0 Å². The van der Waals surface area contributed by atoms with Gasteiger partial charge >= 0.3 is 20.2 Å². The molecule has 0 saturated carbocycles. The molecule has 94 valence electrons. The second-order valence-corrected chi connectivity index (χ2v) is 2.69. The number of hydrogen-bond donors (Lipinski definition) is 2. The van der Waals surface area contributed by atoms with Crippen LogP contribution in [0.1, 0.15) is 13.8 Å². The molecule has 0 spiro atoms. The molecule has 2 N–H and O–H groups in total. The third kappa shape index (κ3) is 18.6. The van der Waals surface area contributed by atoms with Crippen LogP contribution < -0.4 is 0 Å². The zero-order chi connectivity index (χ0) is 13.0. The number of rotatable bonds is 4. The Bertz CT molecular complexity index is 237. The molecule has 0 amide bonds. The first-order valence-electron chi connectivity index (χ1n) is 4.37. The highest BCUT2D eigenvalue weighted by atomic mass is 31.1. The van der Waals surface area contributed by atoms with E-state index >= 15 is 0 Å². The molecule has 0 rings (SSSR count). The lowest BCUT2D eigenvalue weighted by molar-refractivity contribution is -0.140. The fourth-order valence-electron chi connectivity index (χ4n) is 0.517. The van der Waals surface area contributed by atoms with Crippen LogP contribution in [-0.2, 0) is 23.6 Å². The van der Waals surface area contributed by atoms with Crippen molar-refractivity contribution >= 4 is 20.2 Å². The number of carbonyl (C=O) groups is 2. The summed E-state index contributed by atoms with van der Waals surface area (Å²) < 4.78 is 17.8. The van der Waals surface area contributed by atoms with Crippen LogP contribution in [0.15, 0.2) is 12.2 Å². The predicted molar refractivity (Wildman–Crippen MR) is 55.8 cm³/mol. The lowest BCUT2D eigenvalue weighted by Crippen LogP contribution is -2.03. The Morgan fingerprint density at radius 3 is 1.50 bits per heavy atom. The molecule has 8 heteroatoms. The molecule has 0 aromatic rings. The summed E-state index contributed by atoms with van der Waals surface area (Å²) in [6.45, 7) is 3.98. The van der Waals surface area contributed by atoms with Crippen molar-refractivity contribution in [1.82, 2.24) is 0 Å². The standard InChI is InChI=1S/C8H12O4.H3O3P/c1-3-11-7(9)5-6-8(10)12-4-2;1-4(2)3/h5-6H,3-4H2,1-2H3;4H,(H2,1,2,3)/b6-5-;. The number of esters is 2. The van der Waals surface area contributed by atoms with Gasteiger partial charge in [0, 0.05) is 12.2 Å². The highest BCUT2D eigenvalue weighted by Gasteiger charge is 1.97. The van der Waals surface area contributed by atoms with Crippen LogP contribution in [0, 0.1) is 0 Å². The molecular formula is C8H15O7P. The zero-order valence-electron chi connectivity index (χ0n) is 9.00. The molecule has 0 saturated heterocycles. The zero-order valence-corrected chi connectivity index (χ0v) is 10.0. The van der Waals surface area contributed by atoms with Crippen LogP contribution in [0.2, 0.25) is 0 Å². The van der Waals surface area contributed by atoms with E-state index in [-0.39, 0.29) is 0 Å². The summed E-state index contributed by atoms with van der Waals surface area (Å²) in [7, 11) is -3.13. The number of carbonyl (C=O) groups excluding carboxylic acids is 2. The van der Waals surface area contributed by atoms with E-state index in [4.69, 9.17) is 14.4 Å². The summed E-state index contributed by atoms with van der Waals surface area (Å²) in [5, 5.41) is 0. The Hall–Kier alpha value is -1.17. The molecule has 16 heavy (non-hydrogen) atoms. The molecule has 0 radical (unpaired) electrons. The van der Waals surface area contributed by atoms with Gasteiger partial charge in [-0.25, -0.2) is 9.59 Å². The summed E-state index contributed by atoms with van der Waals surface area (Å²) in [5.41, 5.74) is 0. The molecule has 0 heterocycles. The first-order valence-corrected chi connectivity index (χ1v) is 5.67. The van der Waals surface area contributed by atoms with Crippen molar-refractivity contribution in [1.29, 1.82) is 0 Å². The quantitative estimate of drug-likeness (QED) is 0.413. The van der Waals surface area contributed by atoms with Gasteiger partial charge in [0.15, 0.2) is 0 Å². The lowest BCUT2D eigenvalue weighted by atomic mass is 10.5. The van der Waals surface area contributed by atoms with Gasteiger partial charge in [0.05, 0.1) is 13.2 Å². The Morgan fingerprint density at radius 2 is 1.31 bits per heavy atom. The molecule has 0 fully saturated rings. The van der Waals surface area contributed by atoms with Crippen molar-refractivity contribution < 1.29 is 33.4 Å². The van der Waals surface area contributed by atoms with Crippen LogP contribution in [0.25, 0.3) is 0 Å². The second kappa shape index (κ2) is 11.9. The maximum atomic E-state index is 10.6. The Balaban J connectivity index is 0. The van der Waals surface area contributed by atoms with Gasteiger partial charge in [-0.05, 0) is 13.8 Å². The molecule has 0 aliphatic heterocycles. The molecule has 0 aromatic heterocycles. The lowest BCUT2D eigenvalue weighted by Gasteiger charge is -1.95. The fraction of sp³-hybridized carbons (Fsp3) is 0.500. The summed E-state index contributed by atoms with van der Waals surface area (Å²) in [4.78, 5) is 35.6. The van der Waals surface area contributed by atoms with Crippen molar-refractivity contribution in [3.05, 3.63) is 12.2 Å². The van der Waals surface area contributed by atoms with Crippen LogP contribution in [0.5, 0.6) is 0 Å². The highest BCUT2D eigenvalue weighted by molar-refractivity contribution is 7.30. The maximum absolute atomic E-state index is 10.6. The van der Waals surface area contributed by atoms with Crippen LogP contribution in [0.4, 0.5) is 0 Å². The fourth-order valence-corrected chi connectivity index (χ4v) is 0.517. The smallest absolute Gasteiger partial charge is 0.330 e. The van der Waals surface area contributed by atoms with E-state index in [0.717, 1.165) is 12.2 Å². The Labute approximate surface area is 93.6 Å². The van der Waals surface area contributed by atoms with Gasteiger partial charge in [-0.1, -0.05) is 0 Å². The van der Waals surface area contributed by atoms with Crippen molar-refractivity contribution in [2.24, 2.45) is 0 Å². The monoisotopic (exact) mass is 254 g/mol. The average molecular weight is 254 g/mol. The van der Waals surface area contributed by atoms with Gasteiger partial charge in [-0.3, -0.25) is 4.57 Å². The molecule has 0 bridgehead atoms. The molecule has 0 aliphatic carbocycles. The average Bonchev–Trinajstić information content (AvgIpc) is 2.15. The summed E-state index contributed by atoms with van der Waals surface area (Å²) in [6.07, 6.45) is 2.09. The molecule has 0 aromatic carbocycles. The molecular weight excluding hydrogens is 239 g/mol. The van der Waals surface area contributed by atoms with E-state index in [0.29, 0.717) is 13.2 Å². The Kier molecular flexibility index (Phi) is 12.8. The minimum absolute atomic E-state index is 0.298. The van der Waals surface area contributed by atoms with Gasteiger partial charge < -0.3 is 19.3 Å². The number of ether oxygens (including phenoxy) is 2. The van der Waals surface area contributed by atoms with Gasteiger partial charge in [-0.15, -0.1) is 0 Å². The first-order chi connectivity index (χ1) is 7.43. The molecule has 0 aliphatic rings. The van der Waals surface area contributed by atoms with E-state index < -0.39 is 20.2 Å². The normalized spacial score (nSPS) is 9.56. The van der Waals surface area contributed by atoms with Crippen LogP contribution in [-0.4, -0.2) is 34.9 Å². The first kappa shape index (κ1) is 17.2. The summed E-state index contributed by atoms with van der Waals surface area (Å²) in [5.74, 6) is -1.07. The SMILES string of the molecule is CCOC(=O)/C=C\C(=O)OCC.O=[PH](O)O. The molecule has 0 unspecified atom stereocenters. The summed E-state index contributed by atoms with van der Waals surface area (Å²) in [6, 6.07) is 0. The van der Waals surface area contributed by atoms with E-state index in [1.807, 2.05) is 0 Å². The van der Waals surface area contributed by atoms with Crippen molar-refractivity contribution in [2.45, 2.75) is 13.8 Å². The predicted octanol–water partition coefficient (Wildman–Crippen LogP) is 0.0295. The van der Waals surface area contributed by atoms with E-state index in [2.05, 4.69) is 9.47 Å². The molecule has 0 atom stereocenters. The van der Waals surface area contributed by atoms with E-state index in [1.165, 1.54) is 0 Å². The largest absolute Gasteiger partial charge is 0.463 e. The highest BCUT2D eigenvalue weighted by Crippen LogP contribution is 1.98. The Morgan fingerprint density at radius 1 is 1.06 bits per heavy atom. The van der Waals surface area contributed by atoms with Gasteiger partial charge in [-0.2, -0.15) is 0 Å². The third-order valence-electron chi connectivity index (χ3n) is 0.929. The third-order valence-corrected chi connectivity index (χ3v) is 0.929.